The number of para-hydroxylation sites is 1. The third-order valence-electron chi connectivity index (χ3n) is 5.75. The van der Waals surface area contributed by atoms with Crippen molar-refractivity contribution in [1.29, 1.82) is 0 Å². The Balaban J connectivity index is 1.74. The van der Waals surface area contributed by atoms with E-state index >= 15 is 0 Å². The van der Waals surface area contributed by atoms with Crippen LogP contribution < -0.4 is 9.47 Å². The molecule has 5 heteroatoms. The van der Waals surface area contributed by atoms with E-state index in [4.69, 9.17) is 9.47 Å². The van der Waals surface area contributed by atoms with Gasteiger partial charge in [-0.05, 0) is 38.3 Å². The van der Waals surface area contributed by atoms with Crippen LogP contribution in [0.4, 0.5) is 0 Å². The minimum absolute atomic E-state index is 0.203. The van der Waals surface area contributed by atoms with Gasteiger partial charge in [0, 0.05) is 31.7 Å². The average Bonchev–Trinajstić information content (AvgIpc) is 3.07. The fourth-order valence-electron chi connectivity index (χ4n) is 4.39. The summed E-state index contributed by atoms with van der Waals surface area (Å²) >= 11 is 0. The normalized spacial score (nSPS) is 23.5. The van der Waals surface area contributed by atoms with Gasteiger partial charge in [0.2, 0.25) is 5.91 Å². The van der Waals surface area contributed by atoms with Gasteiger partial charge in [-0.2, -0.15) is 0 Å². The maximum Gasteiger partial charge on any atom is 0.230 e. The molecule has 0 N–H and O–H groups in total. The average molecular weight is 358 g/mol. The highest BCUT2D eigenvalue weighted by Crippen LogP contribution is 2.41. The van der Waals surface area contributed by atoms with Crippen LogP contribution in [0.25, 0.3) is 0 Å². The number of likely N-dealkylation sites (tertiary alicyclic amines) is 2. The molecular formula is C21H30N2O3. The fraction of sp³-hybridized carbons (Fsp3) is 0.571. The number of ether oxygens (including phenoxy) is 2. The van der Waals surface area contributed by atoms with Crippen molar-refractivity contribution in [2.75, 3.05) is 40.4 Å². The Morgan fingerprint density at radius 1 is 1.23 bits per heavy atom. The van der Waals surface area contributed by atoms with Gasteiger partial charge in [0.15, 0.2) is 11.5 Å². The number of carbonyl (C=O) groups is 1. The first kappa shape index (κ1) is 18.8. The van der Waals surface area contributed by atoms with E-state index in [-0.39, 0.29) is 5.41 Å². The number of rotatable bonds is 7. The molecule has 0 aromatic heterocycles. The van der Waals surface area contributed by atoms with Gasteiger partial charge in [-0.1, -0.05) is 18.2 Å². The van der Waals surface area contributed by atoms with E-state index in [2.05, 4.69) is 11.5 Å². The molecule has 0 bridgehead atoms. The third kappa shape index (κ3) is 3.58. The van der Waals surface area contributed by atoms with Crippen molar-refractivity contribution in [3.05, 3.63) is 36.4 Å². The lowest BCUT2D eigenvalue weighted by atomic mass is 9.78. The van der Waals surface area contributed by atoms with E-state index in [9.17, 15) is 4.79 Å². The smallest absolute Gasteiger partial charge is 0.230 e. The molecule has 0 saturated carbocycles. The second kappa shape index (κ2) is 8.12. The summed E-state index contributed by atoms with van der Waals surface area (Å²) in [6.07, 6.45) is 5.97. The zero-order chi connectivity index (χ0) is 18.6. The van der Waals surface area contributed by atoms with Crippen LogP contribution in [0.3, 0.4) is 0 Å². The number of piperidine rings is 1. The van der Waals surface area contributed by atoms with Gasteiger partial charge in [0.25, 0.3) is 0 Å². The molecule has 2 aliphatic rings. The molecule has 26 heavy (non-hydrogen) atoms. The van der Waals surface area contributed by atoms with Gasteiger partial charge in [0.1, 0.15) is 0 Å². The van der Waals surface area contributed by atoms with Crippen LogP contribution in [0.15, 0.2) is 30.9 Å². The fourth-order valence-corrected chi connectivity index (χ4v) is 4.39. The zero-order valence-electron chi connectivity index (χ0n) is 16.0. The van der Waals surface area contributed by atoms with E-state index in [0.29, 0.717) is 18.2 Å². The SMILES string of the molecule is C=CCCN1CC[C@]2(CCCN(Cc3cccc(OC)c3OC)C2=O)C1. The number of amides is 1. The van der Waals surface area contributed by atoms with Crippen molar-refractivity contribution in [2.45, 2.75) is 32.2 Å². The lowest BCUT2D eigenvalue weighted by Gasteiger charge is -2.39. The summed E-state index contributed by atoms with van der Waals surface area (Å²) in [4.78, 5) is 17.8. The highest BCUT2D eigenvalue weighted by molar-refractivity contribution is 5.84. The zero-order valence-corrected chi connectivity index (χ0v) is 16.0. The van der Waals surface area contributed by atoms with Crippen LogP contribution in [0, 0.1) is 5.41 Å². The van der Waals surface area contributed by atoms with Gasteiger partial charge in [-0.3, -0.25) is 4.79 Å². The number of hydrogen-bond acceptors (Lipinski definition) is 4. The summed E-state index contributed by atoms with van der Waals surface area (Å²) in [5.41, 5.74) is 0.796. The first-order valence-corrected chi connectivity index (χ1v) is 9.46. The molecule has 1 spiro atoms. The Morgan fingerprint density at radius 3 is 2.81 bits per heavy atom. The van der Waals surface area contributed by atoms with Crippen LogP contribution >= 0.6 is 0 Å². The summed E-state index contributed by atoms with van der Waals surface area (Å²) in [5, 5.41) is 0. The van der Waals surface area contributed by atoms with Crippen molar-refractivity contribution in [2.24, 2.45) is 5.41 Å². The molecule has 0 aliphatic carbocycles. The Bertz CT molecular complexity index is 661. The first-order valence-electron chi connectivity index (χ1n) is 9.46. The van der Waals surface area contributed by atoms with Gasteiger partial charge >= 0.3 is 0 Å². The lowest BCUT2D eigenvalue weighted by molar-refractivity contribution is -0.146. The van der Waals surface area contributed by atoms with E-state index in [1.807, 2.05) is 29.2 Å². The van der Waals surface area contributed by atoms with Crippen molar-refractivity contribution in [3.8, 4) is 11.5 Å². The maximum absolute atomic E-state index is 13.3. The summed E-state index contributed by atoms with van der Waals surface area (Å²) in [6, 6.07) is 5.85. The number of carbonyl (C=O) groups excluding carboxylic acids is 1. The third-order valence-corrected chi connectivity index (χ3v) is 5.75. The van der Waals surface area contributed by atoms with Crippen LogP contribution in [0.2, 0.25) is 0 Å². The highest BCUT2D eigenvalue weighted by Gasteiger charge is 2.48. The molecule has 5 nitrogen and oxygen atoms in total. The second-order valence-electron chi connectivity index (χ2n) is 7.37. The predicted molar refractivity (Wildman–Crippen MR) is 103 cm³/mol. The lowest BCUT2D eigenvalue weighted by Crippen LogP contribution is -2.49. The summed E-state index contributed by atoms with van der Waals surface area (Å²) in [6.45, 7) is 8.09. The van der Waals surface area contributed by atoms with E-state index in [1.54, 1.807) is 14.2 Å². The molecule has 1 atom stereocenters. The van der Waals surface area contributed by atoms with Gasteiger partial charge in [-0.15, -0.1) is 6.58 Å². The Morgan fingerprint density at radius 2 is 2.08 bits per heavy atom. The van der Waals surface area contributed by atoms with Crippen LogP contribution in [0.1, 0.15) is 31.2 Å². The molecule has 2 heterocycles. The van der Waals surface area contributed by atoms with Crippen molar-refractivity contribution < 1.29 is 14.3 Å². The molecule has 2 saturated heterocycles. The molecule has 3 rings (SSSR count). The van der Waals surface area contributed by atoms with E-state index in [1.165, 1.54) is 0 Å². The molecule has 0 unspecified atom stereocenters. The number of methoxy groups -OCH3 is 2. The second-order valence-corrected chi connectivity index (χ2v) is 7.37. The molecule has 2 fully saturated rings. The van der Waals surface area contributed by atoms with Gasteiger partial charge in [0.05, 0.1) is 19.6 Å². The standard InChI is InChI=1S/C21H30N2O3/c1-4-5-12-22-14-11-21(16-22)10-7-13-23(20(21)24)15-17-8-6-9-18(25-2)19(17)26-3/h4,6,8-9H,1,5,7,10-16H2,2-3H3/t21-/m1/s1. The quantitative estimate of drug-likeness (QED) is 0.703. The minimum atomic E-state index is -0.203. The predicted octanol–water partition coefficient (Wildman–Crippen LogP) is 3.09. The van der Waals surface area contributed by atoms with Crippen LogP contribution in [-0.4, -0.2) is 56.1 Å². The molecule has 142 valence electrons. The molecular weight excluding hydrogens is 328 g/mol. The van der Waals surface area contributed by atoms with Gasteiger partial charge < -0.3 is 19.3 Å². The van der Waals surface area contributed by atoms with Crippen LogP contribution in [-0.2, 0) is 11.3 Å². The van der Waals surface area contributed by atoms with Crippen molar-refractivity contribution in [3.63, 3.8) is 0 Å². The summed E-state index contributed by atoms with van der Waals surface area (Å²) < 4.78 is 10.9. The highest BCUT2D eigenvalue weighted by atomic mass is 16.5. The number of benzene rings is 1. The summed E-state index contributed by atoms with van der Waals surface area (Å²) in [7, 11) is 3.29. The van der Waals surface area contributed by atoms with E-state index < -0.39 is 0 Å². The molecule has 0 radical (unpaired) electrons. The number of hydrogen-bond donors (Lipinski definition) is 0. The minimum Gasteiger partial charge on any atom is -0.493 e. The molecule has 1 amide bonds. The molecule has 1 aromatic carbocycles. The molecule has 1 aromatic rings. The Labute approximate surface area is 156 Å². The molecule has 2 aliphatic heterocycles. The maximum atomic E-state index is 13.3. The number of nitrogens with zero attached hydrogens (tertiary/aromatic N) is 2. The van der Waals surface area contributed by atoms with Crippen molar-refractivity contribution in [1.82, 2.24) is 9.80 Å². The Kier molecular flexibility index (Phi) is 5.87. The first-order chi connectivity index (χ1) is 12.6. The topological polar surface area (TPSA) is 42.0 Å². The van der Waals surface area contributed by atoms with Crippen LogP contribution in [0.5, 0.6) is 11.5 Å². The largest absolute Gasteiger partial charge is 0.493 e. The van der Waals surface area contributed by atoms with Crippen molar-refractivity contribution >= 4 is 5.91 Å². The van der Waals surface area contributed by atoms with E-state index in [0.717, 1.165) is 63.2 Å². The Hall–Kier alpha value is -2.01. The summed E-state index contributed by atoms with van der Waals surface area (Å²) in [5.74, 6) is 1.73. The monoisotopic (exact) mass is 358 g/mol. The van der Waals surface area contributed by atoms with Gasteiger partial charge in [-0.25, -0.2) is 0 Å².